The molecule has 2 N–H and O–H groups in total. The Labute approximate surface area is 205 Å². The summed E-state index contributed by atoms with van der Waals surface area (Å²) in [5.41, 5.74) is 2.64. The average Bonchev–Trinajstić information content (AvgIpc) is 3.16. The predicted molar refractivity (Wildman–Crippen MR) is 139 cm³/mol. The first-order valence-electron chi connectivity index (χ1n) is 11.9. The number of phenols is 2. The molecule has 6 rings (SSSR count). The Bertz CT molecular complexity index is 1310. The van der Waals surface area contributed by atoms with Gasteiger partial charge in [-0.3, -0.25) is 9.69 Å². The van der Waals surface area contributed by atoms with Crippen LogP contribution in [-0.2, 0) is 5.54 Å². The number of ether oxygens (including phenoxy) is 1. The standard InChI is InChI=1S/C26H17NO4.2C2H6/c28-17-10-12-21-23(14-17)31-24-15-18(29)11-13-22(24)26(21)20-9-5-4-8-19(20)25(30)27(26)16-6-2-1-3-7-16;2*1-2/h1-15,28-29H;2*1-2H3. The molecule has 0 bridgehead atoms. The third-order valence-electron chi connectivity index (χ3n) is 6.03. The molecule has 0 aliphatic carbocycles. The lowest BCUT2D eigenvalue weighted by molar-refractivity contribution is 0.0986. The van der Waals surface area contributed by atoms with Crippen molar-refractivity contribution in [1.29, 1.82) is 0 Å². The van der Waals surface area contributed by atoms with E-state index in [2.05, 4.69) is 0 Å². The molecule has 1 spiro atoms. The van der Waals surface area contributed by atoms with Crippen LogP contribution in [0.5, 0.6) is 23.0 Å². The minimum atomic E-state index is -1.01. The quantitative estimate of drug-likeness (QED) is 0.310. The highest BCUT2D eigenvalue weighted by Gasteiger charge is 2.56. The lowest BCUT2D eigenvalue weighted by Gasteiger charge is -2.44. The van der Waals surface area contributed by atoms with Gasteiger partial charge in [0.2, 0.25) is 0 Å². The lowest BCUT2D eigenvalue weighted by Crippen LogP contribution is -2.47. The summed E-state index contributed by atoms with van der Waals surface area (Å²) < 4.78 is 6.10. The van der Waals surface area contributed by atoms with Crippen molar-refractivity contribution in [2.75, 3.05) is 4.90 Å². The van der Waals surface area contributed by atoms with Crippen LogP contribution in [0.25, 0.3) is 0 Å². The van der Waals surface area contributed by atoms with Gasteiger partial charge in [0.15, 0.2) is 0 Å². The van der Waals surface area contributed by atoms with Crippen LogP contribution in [0.2, 0.25) is 0 Å². The fourth-order valence-corrected chi connectivity index (χ4v) is 4.85. The second-order valence-electron chi connectivity index (χ2n) is 7.70. The molecular formula is C30H29NO4. The fraction of sp³-hybridized carbons (Fsp3) is 0.167. The molecule has 4 aromatic carbocycles. The van der Waals surface area contributed by atoms with Crippen molar-refractivity contribution in [1.82, 2.24) is 0 Å². The largest absolute Gasteiger partial charge is 0.508 e. The van der Waals surface area contributed by atoms with Crippen LogP contribution >= 0.6 is 0 Å². The molecule has 4 aromatic rings. The van der Waals surface area contributed by atoms with Gasteiger partial charge in [-0.05, 0) is 42.5 Å². The highest BCUT2D eigenvalue weighted by molar-refractivity contribution is 6.14. The summed E-state index contributed by atoms with van der Waals surface area (Å²) in [5, 5.41) is 20.3. The van der Waals surface area contributed by atoms with Gasteiger partial charge in [0.05, 0.1) is 0 Å². The lowest BCUT2D eigenvalue weighted by atomic mass is 9.74. The van der Waals surface area contributed by atoms with Crippen molar-refractivity contribution in [3.8, 4) is 23.0 Å². The van der Waals surface area contributed by atoms with E-state index in [0.717, 1.165) is 22.4 Å². The second-order valence-corrected chi connectivity index (χ2v) is 7.70. The number of benzene rings is 4. The summed E-state index contributed by atoms with van der Waals surface area (Å²) >= 11 is 0. The number of phenolic OH excluding ortho intramolecular Hbond substituents is 2. The summed E-state index contributed by atoms with van der Waals surface area (Å²) in [5.74, 6) is 0.858. The predicted octanol–water partition coefficient (Wildman–Crippen LogP) is 7.21. The van der Waals surface area contributed by atoms with Gasteiger partial charge in [-0.1, -0.05) is 64.1 Å². The minimum absolute atomic E-state index is 0.0568. The molecule has 178 valence electrons. The van der Waals surface area contributed by atoms with Gasteiger partial charge in [0.25, 0.3) is 5.91 Å². The molecule has 2 aliphatic rings. The maximum Gasteiger partial charge on any atom is 0.260 e. The van der Waals surface area contributed by atoms with Crippen molar-refractivity contribution in [2.24, 2.45) is 0 Å². The number of fused-ring (bicyclic) bond motifs is 6. The van der Waals surface area contributed by atoms with Gasteiger partial charge in [-0.15, -0.1) is 0 Å². The Kier molecular flexibility index (Phi) is 6.52. The minimum Gasteiger partial charge on any atom is -0.508 e. The molecule has 0 aromatic heterocycles. The van der Waals surface area contributed by atoms with Crippen LogP contribution in [0.1, 0.15) is 54.7 Å². The first kappa shape index (κ1) is 23.9. The van der Waals surface area contributed by atoms with E-state index in [-0.39, 0.29) is 17.4 Å². The van der Waals surface area contributed by atoms with E-state index in [1.54, 1.807) is 41.3 Å². The monoisotopic (exact) mass is 467 g/mol. The van der Waals surface area contributed by atoms with E-state index in [0.29, 0.717) is 17.1 Å². The summed E-state index contributed by atoms with van der Waals surface area (Å²) in [4.78, 5) is 15.6. The number of aromatic hydroxyl groups is 2. The average molecular weight is 468 g/mol. The second kappa shape index (κ2) is 9.55. The zero-order valence-electron chi connectivity index (χ0n) is 20.3. The van der Waals surface area contributed by atoms with Crippen molar-refractivity contribution in [2.45, 2.75) is 33.2 Å². The maximum atomic E-state index is 13.8. The number of carbonyl (C=O) groups excluding carboxylic acids is 1. The molecule has 35 heavy (non-hydrogen) atoms. The van der Waals surface area contributed by atoms with E-state index in [1.165, 1.54) is 0 Å². The number of hydrogen-bond donors (Lipinski definition) is 2. The van der Waals surface area contributed by atoms with Crippen molar-refractivity contribution < 1.29 is 19.7 Å². The van der Waals surface area contributed by atoms with Crippen molar-refractivity contribution >= 4 is 11.6 Å². The zero-order chi connectivity index (χ0) is 25.2. The molecule has 0 radical (unpaired) electrons. The SMILES string of the molecule is CC.CC.O=C1c2ccccc2C2(c3ccc(O)cc3Oc3cc(O)ccc32)N1c1ccccc1. The highest BCUT2D eigenvalue weighted by Crippen LogP contribution is 2.59. The summed E-state index contributed by atoms with van der Waals surface area (Å²) in [6, 6.07) is 26.9. The molecule has 0 unspecified atom stereocenters. The van der Waals surface area contributed by atoms with Gasteiger partial charge in [0.1, 0.15) is 28.5 Å². The van der Waals surface area contributed by atoms with E-state index < -0.39 is 5.54 Å². The number of carbonyl (C=O) groups is 1. The zero-order valence-corrected chi connectivity index (χ0v) is 20.3. The summed E-state index contributed by atoms with van der Waals surface area (Å²) in [6.45, 7) is 8.00. The molecule has 0 atom stereocenters. The number of anilines is 1. The van der Waals surface area contributed by atoms with Gasteiger partial charge < -0.3 is 14.9 Å². The van der Waals surface area contributed by atoms with Crippen LogP contribution in [-0.4, -0.2) is 16.1 Å². The molecule has 1 amide bonds. The Hall–Kier alpha value is -4.25. The Balaban J connectivity index is 0.000000689. The van der Waals surface area contributed by atoms with Crippen LogP contribution in [0, 0.1) is 0 Å². The number of para-hydroxylation sites is 1. The van der Waals surface area contributed by atoms with Crippen molar-refractivity contribution in [3.63, 3.8) is 0 Å². The van der Waals surface area contributed by atoms with Crippen LogP contribution < -0.4 is 9.64 Å². The summed E-state index contributed by atoms with van der Waals surface area (Å²) in [6.07, 6.45) is 0. The smallest absolute Gasteiger partial charge is 0.260 e. The number of hydrogen-bond acceptors (Lipinski definition) is 4. The van der Waals surface area contributed by atoms with Crippen LogP contribution in [0.3, 0.4) is 0 Å². The molecule has 2 heterocycles. The third-order valence-corrected chi connectivity index (χ3v) is 6.03. The fourth-order valence-electron chi connectivity index (χ4n) is 4.85. The summed E-state index contributed by atoms with van der Waals surface area (Å²) in [7, 11) is 0. The van der Waals surface area contributed by atoms with E-state index in [1.807, 2.05) is 82.3 Å². The molecular weight excluding hydrogens is 438 g/mol. The third kappa shape index (κ3) is 3.51. The molecule has 0 fully saturated rings. The Morgan fingerprint density at radius 3 is 1.74 bits per heavy atom. The maximum absolute atomic E-state index is 13.8. The Morgan fingerprint density at radius 2 is 1.17 bits per heavy atom. The van der Waals surface area contributed by atoms with Crippen LogP contribution in [0.15, 0.2) is 91.0 Å². The van der Waals surface area contributed by atoms with Crippen LogP contribution in [0.4, 0.5) is 5.69 Å². The molecule has 0 saturated carbocycles. The topological polar surface area (TPSA) is 70.0 Å². The molecule has 5 nitrogen and oxygen atoms in total. The number of amides is 1. The molecule has 2 aliphatic heterocycles. The number of rotatable bonds is 1. The van der Waals surface area contributed by atoms with Crippen molar-refractivity contribution in [3.05, 3.63) is 113 Å². The highest BCUT2D eigenvalue weighted by atomic mass is 16.5. The van der Waals surface area contributed by atoms with E-state index >= 15 is 0 Å². The van der Waals surface area contributed by atoms with Gasteiger partial charge in [-0.25, -0.2) is 0 Å². The number of nitrogens with zero attached hydrogens (tertiary/aromatic N) is 1. The van der Waals surface area contributed by atoms with E-state index in [4.69, 9.17) is 4.74 Å². The van der Waals surface area contributed by atoms with Gasteiger partial charge in [-0.2, -0.15) is 0 Å². The molecule has 0 saturated heterocycles. The first-order chi connectivity index (χ1) is 17.1. The Morgan fingerprint density at radius 1 is 0.657 bits per heavy atom. The first-order valence-corrected chi connectivity index (χ1v) is 11.9. The van der Waals surface area contributed by atoms with Gasteiger partial charge in [0, 0.05) is 40.1 Å². The van der Waals surface area contributed by atoms with Gasteiger partial charge >= 0.3 is 0 Å². The molecule has 5 heteroatoms. The van der Waals surface area contributed by atoms with E-state index in [9.17, 15) is 15.0 Å². The normalized spacial score (nSPS) is 13.8.